The Kier molecular flexibility index (Phi) is 33.3. The molecule has 0 bridgehead atoms. The van der Waals surface area contributed by atoms with Crippen molar-refractivity contribution in [2.75, 3.05) is 35.2 Å². The third-order valence-electron chi connectivity index (χ3n) is 11.1. The van der Waals surface area contributed by atoms with E-state index in [-0.39, 0.29) is 5.78 Å². The molecule has 0 aliphatic carbocycles. The monoisotopic (exact) mass is 781 g/mol. The van der Waals surface area contributed by atoms with E-state index in [9.17, 15) is 4.79 Å². The van der Waals surface area contributed by atoms with E-state index in [4.69, 9.17) is 0 Å². The van der Waals surface area contributed by atoms with Crippen LogP contribution in [0, 0.1) is 0 Å². The maximum absolute atomic E-state index is 13.4. The molecule has 3 nitrogen and oxygen atoms in total. The molecule has 0 amide bonds. The van der Waals surface area contributed by atoms with Gasteiger partial charge in [0.05, 0.1) is 0 Å². The highest BCUT2D eigenvalue weighted by Crippen LogP contribution is 2.20. The second-order valence-electron chi connectivity index (χ2n) is 16.1. The van der Waals surface area contributed by atoms with Gasteiger partial charge < -0.3 is 10.6 Å². The van der Waals surface area contributed by atoms with Gasteiger partial charge in [-0.05, 0) is 61.5 Å². The molecule has 0 radical (unpaired) electrons. The molecule has 2 aromatic carbocycles. The first-order chi connectivity index (χ1) is 26.7. The Morgan fingerprint density at radius 2 is 0.593 bits per heavy atom. The lowest BCUT2D eigenvalue weighted by molar-refractivity contribution is 0.103. The molecule has 308 valence electrons. The number of hydrogen-bond donors (Lipinski definition) is 4. The normalized spacial score (nSPS) is 11.3. The summed E-state index contributed by atoms with van der Waals surface area (Å²) in [6.07, 6.45) is 43.9. The predicted octanol–water partition coefficient (Wildman–Crippen LogP) is 16.1. The maximum atomic E-state index is 13.4. The SMILES string of the molecule is O=C(c1cccc(NCCCCCCCCCCCCCCCCCCS)c1)c1cccc(NCCCCCCCCCCCCCCCCCCS)c1. The van der Waals surface area contributed by atoms with Crippen molar-refractivity contribution >= 4 is 42.4 Å². The largest absolute Gasteiger partial charge is 0.385 e. The summed E-state index contributed by atoms with van der Waals surface area (Å²) in [5.74, 6) is 2.18. The minimum Gasteiger partial charge on any atom is -0.385 e. The lowest BCUT2D eigenvalue weighted by Gasteiger charge is -2.10. The summed E-state index contributed by atoms with van der Waals surface area (Å²) in [4.78, 5) is 13.4. The Morgan fingerprint density at radius 3 is 0.852 bits per heavy atom. The van der Waals surface area contributed by atoms with Crippen molar-refractivity contribution in [3.8, 4) is 0 Å². The molecule has 2 N–H and O–H groups in total. The van der Waals surface area contributed by atoms with E-state index in [1.54, 1.807) is 0 Å². The smallest absolute Gasteiger partial charge is 0.193 e. The van der Waals surface area contributed by atoms with Crippen LogP contribution in [0.4, 0.5) is 11.4 Å². The lowest BCUT2D eigenvalue weighted by atomic mass is 10.0. The van der Waals surface area contributed by atoms with Gasteiger partial charge in [-0.25, -0.2) is 0 Å². The molecule has 2 rings (SSSR count). The first kappa shape index (κ1) is 48.6. The lowest BCUT2D eigenvalue weighted by Crippen LogP contribution is -2.06. The molecule has 0 heterocycles. The maximum Gasteiger partial charge on any atom is 0.193 e. The van der Waals surface area contributed by atoms with Crippen molar-refractivity contribution in [2.45, 2.75) is 205 Å². The van der Waals surface area contributed by atoms with Gasteiger partial charge in [-0.3, -0.25) is 4.79 Å². The fraction of sp³-hybridized carbons (Fsp3) is 0.735. The van der Waals surface area contributed by atoms with Crippen molar-refractivity contribution in [2.24, 2.45) is 0 Å². The fourth-order valence-corrected chi connectivity index (χ4v) is 8.04. The van der Waals surface area contributed by atoms with E-state index in [0.717, 1.165) is 47.1 Å². The van der Waals surface area contributed by atoms with Crippen LogP contribution >= 0.6 is 25.3 Å². The number of thiol groups is 2. The van der Waals surface area contributed by atoms with Crippen LogP contribution in [0.2, 0.25) is 0 Å². The van der Waals surface area contributed by atoms with Gasteiger partial charge in [0.1, 0.15) is 0 Å². The molecule has 0 saturated heterocycles. The van der Waals surface area contributed by atoms with Gasteiger partial charge in [-0.2, -0.15) is 25.3 Å². The molecular formula is C49H84N2OS2. The van der Waals surface area contributed by atoms with Crippen LogP contribution in [-0.2, 0) is 0 Å². The Bertz CT molecular complexity index is 1040. The van der Waals surface area contributed by atoms with Crippen LogP contribution in [0.25, 0.3) is 0 Å². The summed E-state index contributed by atoms with van der Waals surface area (Å²) in [5.41, 5.74) is 3.59. The van der Waals surface area contributed by atoms with Crippen LogP contribution in [0.5, 0.6) is 0 Å². The van der Waals surface area contributed by atoms with Crippen molar-refractivity contribution < 1.29 is 4.79 Å². The highest BCUT2D eigenvalue weighted by atomic mass is 32.1. The number of carbonyl (C=O) groups excluding carboxylic acids is 1. The molecule has 0 aromatic heterocycles. The predicted molar refractivity (Wildman–Crippen MR) is 249 cm³/mol. The van der Waals surface area contributed by atoms with Gasteiger partial charge in [0.25, 0.3) is 0 Å². The van der Waals surface area contributed by atoms with Gasteiger partial charge in [0, 0.05) is 35.6 Å². The average Bonchev–Trinajstić information content (AvgIpc) is 3.20. The molecule has 0 spiro atoms. The Balaban J connectivity index is 1.45. The molecule has 0 atom stereocenters. The third kappa shape index (κ3) is 27.9. The Morgan fingerprint density at radius 1 is 0.352 bits per heavy atom. The summed E-state index contributed by atoms with van der Waals surface area (Å²) in [6, 6.07) is 16.1. The molecule has 5 heteroatoms. The molecule has 0 saturated carbocycles. The number of anilines is 2. The summed E-state index contributed by atoms with van der Waals surface area (Å²) in [5, 5.41) is 7.12. The number of hydrogen-bond acceptors (Lipinski definition) is 5. The van der Waals surface area contributed by atoms with E-state index in [0.29, 0.717) is 0 Å². The number of benzene rings is 2. The number of carbonyl (C=O) groups is 1. The van der Waals surface area contributed by atoms with Crippen LogP contribution in [0.1, 0.15) is 221 Å². The van der Waals surface area contributed by atoms with E-state index in [1.807, 2.05) is 36.4 Å². The van der Waals surface area contributed by atoms with Crippen LogP contribution < -0.4 is 10.6 Å². The fourth-order valence-electron chi connectivity index (χ4n) is 7.60. The van der Waals surface area contributed by atoms with E-state index in [1.165, 1.54) is 205 Å². The van der Waals surface area contributed by atoms with Gasteiger partial charge >= 0.3 is 0 Å². The van der Waals surface area contributed by atoms with E-state index >= 15 is 0 Å². The minimum atomic E-state index is 0.0910. The summed E-state index contributed by atoms with van der Waals surface area (Å²) < 4.78 is 0. The second kappa shape index (κ2) is 37.0. The zero-order valence-corrected chi connectivity index (χ0v) is 36.7. The molecule has 0 unspecified atom stereocenters. The number of ketones is 1. The number of nitrogens with one attached hydrogen (secondary N) is 2. The molecule has 0 aliphatic rings. The Hall–Kier alpha value is -1.59. The zero-order valence-electron chi connectivity index (χ0n) is 34.9. The van der Waals surface area contributed by atoms with Gasteiger partial charge in [0.2, 0.25) is 0 Å². The standard InChI is InChI=1S/C49H84N2OS2/c52-49(45-35-33-37-47(43-45)50-39-29-25-21-17-13-9-5-1-3-7-11-15-19-23-27-31-41-53)46-36-34-38-48(44-46)51-40-30-26-22-18-14-10-6-2-4-8-12-16-20-24-28-32-42-54/h33-38,43-44,50-51,53-54H,1-32,39-42H2. The number of rotatable bonds is 40. The van der Waals surface area contributed by atoms with Gasteiger partial charge in [-0.15, -0.1) is 0 Å². The highest BCUT2D eigenvalue weighted by Gasteiger charge is 2.10. The summed E-state index contributed by atoms with van der Waals surface area (Å²) in [7, 11) is 0. The minimum absolute atomic E-state index is 0.0910. The molecule has 0 aliphatic heterocycles. The average molecular weight is 781 g/mol. The molecule has 54 heavy (non-hydrogen) atoms. The summed E-state index contributed by atoms with van der Waals surface area (Å²) in [6.45, 7) is 1.92. The van der Waals surface area contributed by atoms with Crippen LogP contribution in [0.3, 0.4) is 0 Å². The third-order valence-corrected chi connectivity index (χ3v) is 11.7. The summed E-state index contributed by atoms with van der Waals surface area (Å²) >= 11 is 8.59. The molecular weight excluding hydrogens is 697 g/mol. The van der Waals surface area contributed by atoms with E-state index < -0.39 is 0 Å². The van der Waals surface area contributed by atoms with E-state index in [2.05, 4.69) is 48.0 Å². The van der Waals surface area contributed by atoms with Crippen molar-refractivity contribution in [1.82, 2.24) is 0 Å². The first-order valence-electron chi connectivity index (χ1n) is 23.2. The zero-order chi connectivity index (χ0) is 38.4. The van der Waals surface area contributed by atoms with Crippen molar-refractivity contribution in [3.05, 3.63) is 59.7 Å². The molecule has 2 aromatic rings. The van der Waals surface area contributed by atoms with Crippen molar-refractivity contribution in [1.29, 1.82) is 0 Å². The second-order valence-corrected chi connectivity index (χ2v) is 17.0. The Labute approximate surface area is 346 Å². The van der Waals surface area contributed by atoms with Crippen LogP contribution in [-0.4, -0.2) is 30.4 Å². The van der Waals surface area contributed by atoms with Gasteiger partial charge in [0.15, 0.2) is 5.78 Å². The highest BCUT2D eigenvalue weighted by molar-refractivity contribution is 7.80. The topological polar surface area (TPSA) is 41.1 Å². The van der Waals surface area contributed by atoms with Crippen molar-refractivity contribution in [3.63, 3.8) is 0 Å². The van der Waals surface area contributed by atoms with Crippen LogP contribution in [0.15, 0.2) is 48.5 Å². The number of unbranched alkanes of at least 4 members (excludes halogenated alkanes) is 30. The molecule has 0 fully saturated rings. The first-order valence-corrected chi connectivity index (χ1v) is 24.5. The van der Waals surface area contributed by atoms with Gasteiger partial charge in [-0.1, -0.05) is 204 Å². The quantitative estimate of drug-likeness (QED) is 0.0309.